The van der Waals surface area contributed by atoms with Gasteiger partial charge in [-0.15, -0.1) is 0 Å². The molecule has 2 aromatic carbocycles. The molecule has 3 N–H and O–H groups in total. The quantitative estimate of drug-likeness (QED) is 0.727. The third kappa shape index (κ3) is 4.11. The van der Waals surface area contributed by atoms with E-state index in [0.29, 0.717) is 11.5 Å². The van der Waals surface area contributed by atoms with Crippen LogP contribution < -0.4 is 15.2 Å². The zero-order valence-corrected chi connectivity index (χ0v) is 14.2. The minimum atomic E-state index is -3.76. The van der Waals surface area contributed by atoms with E-state index in [2.05, 4.69) is 15.3 Å². The van der Waals surface area contributed by atoms with Crippen molar-refractivity contribution in [3.8, 4) is 17.0 Å². The van der Waals surface area contributed by atoms with Crippen LogP contribution in [0.1, 0.15) is 0 Å². The molecule has 1 heterocycles. The number of rotatable bonds is 5. The fourth-order valence-electron chi connectivity index (χ4n) is 2.24. The predicted octanol–water partition coefficient (Wildman–Crippen LogP) is 2.54. The normalized spacial score (nSPS) is 11.1. The number of nitrogens with one attached hydrogen (secondary N) is 1. The molecule has 0 aliphatic heterocycles. The summed E-state index contributed by atoms with van der Waals surface area (Å²) in [5.41, 5.74) is 2.19. The first-order valence-corrected chi connectivity index (χ1v) is 8.87. The van der Waals surface area contributed by atoms with Crippen molar-refractivity contribution < 1.29 is 13.2 Å². The van der Waals surface area contributed by atoms with Crippen molar-refractivity contribution in [3.05, 3.63) is 60.9 Å². The number of anilines is 2. The van der Waals surface area contributed by atoms with Gasteiger partial charge in [-0.05, 0) is 42.5 Å². The molecule has 0 atom stereocenters. The number of nitrogens with zero attached hydrogens (tertiary/aromatic N) is 2. The minimum absolute atomic E-state index is 0.0296. The van der Waals surface area contributed by atoms with Gasteiger partial charge in [0.1, 0.15) is 17.9 Å². The van der Waals surface area contributed by atoms with E-state index in [9.17, 15) is 8.42 Å². The van der Waals surface area contributed by atoms with Crippen LogP contribution in [0.4, 0.5) is 11.5 Å². The molecule has 0 unspecified atom stereocenters. The molecule has 0 aliphatic carbocycles. The maximum atomic E-state index is 11.4. The number of hydrogen-bond acceptors (Lipinski definition) is 6. The van der Waals surface area contributed by atoms with Crippen LogP contribution >= 0.6 is 0 Å². The molecule has 3 rings (SSSR count). The van der Waals surface area contributed by atoms with Crippen molar-refractivity contribution >= 4 is 21.5 Å². The van der Waals surface area contributed by atoms with E-state index in [-0.39, 0.29) is 4.90 Å². The second-order valence-corrected chi connectivity index (χ2v) is 6.78. The summed E-state index contributed by atoms with van der Waals surface area (Å²) < 4.78 is 28.0. The molecule has 0 radical (unpaired) electrons. The lowest BCUT2D eigenvalue weighted by atomic mass is 10.1. The van der Waals surface area contributed by atoms with E-state index >= 15 is 0 Å². The number of aromatic nitrogens is 2. The van der Waals surface area contributed by atoms with Gasteiger partial charge in [0, 0.05) is 17.3 Å². The standard InChI is InChI=1S/C17H16N4O3S/c1-24-14-7-5-12(6-8-14)16-10-17(20-11-19-16)21-13-3-2-4-15(9-13)25(18,22)23/h2-11H,1H3,(H2,18,22,23)(H,19,20,21). The average molecular weight is 356 g/mol. The summed E-state index contributed by atoms with van der Waals surface area (Å²) in [5, 5.41) is 8.20. The van der Waals surface area contributed by atoms with Crippen LogP contribution in [0.25, 0.3) is 11.3 Å². The second kappa shape index (κ2) is 6.88. The van der Waals surface area contributed by atoms with Crippen LogP contribution in [0.15, 0.2) is 65.8 Å². The second-order valence-electron chi connectivity index (χ2n) is 5.21. The molecule has 0 fully saturated rings. The van der Waals surface area contributed by atoms with Crippen LogP contribution in [0, 0.1) is 0 Å². The third-order valence-electron chi connectivity index (χ3n) is 3.49. The van der Waals surface area contributed by atoms with E-state index in [1.165, 1.54) is 18.5 Å². The Kier molecular flexibility index (Phi) is 4.64. The molecule has 8 heteroatoms. The lowest BCUT2D eigenvalue weighted by molar-refractivity contribution is 0.415. The lowest BCUT2D eigenvalue weighted by Gasteiger charge is -2.08. The summed E-state index contributed by atoms with van der Waals surface area (Å²) in [6.07, 6.45) is 1.44. The maximum Gasteiger partial charge on any atom is 0.238 e. The van der Waals surface area contributed by atoms with Gasteiger partial charge in [-0.1, -0.05) is 6.07 Å². The van der Waals surface area contributed by atoms with E-state index < -0.39 is 10.0 Å². The van der Waals surface area contributed by atoms with Gasteiger partial charge in [0.15, 0.2) is 0 Å². The summed E-state index contributed by atoms with van der Waals surface area (Å²) in [4.78, 5) is 8.44. The van der Waals surface area contributed by atoms with E-state index in [4.69, 9.17) is 9.88 Å². The summed E-state index contributed by atoms with van der Waals surface area (Å²) >= 11 is 0. The van der Waals surface area contributed by atoms with Gasteiger partial charge in [0.25, 0.3) is 0 Å². The highest BCUT2D eigenvalue weighted by atomic mass is 32.2. The van der Waals surface area contributed by atoms with Crippen molar-refractivity contribution in [2.45, 2.75) is 4.90 Å². The average Bonchev–Trinajstić information content (AvgIpc) is 2.61. The SMILES string of the molecule is COc1ccc(-c2cc(Nc3cccc(S(N)(=O)=O)c3)ncn2)cc1. The molecule has 0 saturated heterocycles. The van der Waals surface area contributed by atoms with E-state index in [0.717, 1.165) is 17.0 Å². The smallest absolute Gasteiger partial charge is 0.238 e. The number of primary sulfonamides is 1. The van der Waals surface area contributed by atoms with Crippen LogP contribution in [0.2, 0.25) is 0 Å². The van der Waals surface area contributed by atoms with Crippen molar-refractivity contribution in [1.29, 1.82) is 0 Å². The van der Waals surface area contributed by atoms with Crippen molar-refractivity contribution in [3.63, 3.8) is 0 Å². The third-order valence-corrected chi connectivity index (χ3v) is 4.40. The monoisotopic (exact) mass is 356 g/mol. The largest absolute Gasteiger partial charge is 0.497 e. The molecular formula is C17H16N4O3S. The Morgan fingerprint density at radius 2 is 1.80 bits per heavy atom. The summed E-state index contributed by atoms with van der Waals surface area (Å²) in [6.45, 7) is 0. The van der Waals surface area contributed by atoms with Crippen molar-refractivity contribution in [2.24, 2.45) is 5.14 Å². The number of hydrogen-bond donors (Lipinski definition) is 2. The van der Waals surface area contributed by atoms with E-state index in [1.807, 2.05) is 24.3 Å². The zero-order valence-electron chi connectivity index (χ0n) is 13.4. The highest BCUT2D eigenvalue weighted by molar-refractivity contribution is 7.89. The summed E-state index contributed by atoms with van der Waals surface area (Å²) in [6, 6.07) is 15.5. The Morgan fingerprint density at radius 1 is 1.04 bits per heavy atom. The maximum absolute atomic E-state index is 11.4. The van der Waals surface area contributed by atoms with E-state index in [1.54, 1.807) is 25.3 Å². The molecule has 0 aliphatic rings. The molecule has 128 valence electrons. The molecule has 1 aromatic heterocycles. The predicted molar refractivity (Wildman–Crippen MR) is 95.1 cm³/mol. The minimum Gasteiger partial charge on any atom is -0.497 e. The Bertz CT molecular complexity index is 989. The number of sulfonamides is 1. The molecule has 0 spiro atoms. The highest BCUT2D eigenvalue weighted by Crippen LogP contribution is 2.24. The van der Waals surface area contributed by atoms with Gasteiger partial charge in [-0.2, -0.15) is 0 Å². The molecule has 0 bridgehead atoms. The van der Waals surface area contributed by atoms with Crippen LogP contribution in [-0.4, -0.2) is 25.5 Å². The highest BCUT2D eigenvalue weighted by Gasteiger charge is 2.09. The van der Waals surface area contributed by atoms with Crippen LogP contribution in [-0.2, 0) is 10.0 Å². The number of benzene rings is 2. The number of ether oxygens (including phenoxy) is 1. The summed E-state index contributed by atoms with van der Waals surface area (Å²) in [7, 11) is -2.15. The first-order chi connectivity index (χ1) is 12.0. The zero-order chi connectivity index (χ0) is 17.9. The van der Waals surface area contributed by atoms with Gasteiger partial charge in [0.05, 0.1) is 17.7 Å². The van der Waals surface area contributed by atoms with Crippen molar-refractivity contribution in [1.82, 2.24) is 9.97 Å². The summed E-state index contributed by atoms with van der Waals surface area (Å²) in [5.74, 6) is 1.29. The fraction of sp³-hybridized carbons (Fsp3) is 0.0588. The Morgan fingerprint density at radius 3 is 2.48 bits per heavy atom. The molecule has 0 saturated carbocycles. The van der Waals surface area contributed by atoms with Gasteiger partial charge in [0.2, 0.25) is 10.0 Å². The molecule has 3 aromatic rings. The van der Waals surface area contributed by atoms with Gasteiger partial charge in [-0.25, -0.2) is 23.5 Å². The Hall–Kier alpha value is -2.97. The lowest BCUT2D eigenvalue weighted by Crippen LogP contribution is -2.12. The number of methoxy groups -OCH3 is 1. The molecule has 0 amide bonds. The first-order valence-electron chi connectivity index (χ1n) is 7.32. The van der Waals surface area contributed by atoms with Crippen molar-refractivity contribution in [2.75, 3.05) is 12.4 Å². The fourth-order valence-corrected chi connectivity index (χ4v) is 2.80. The van der Waals surface area contributed by atoms with Gasteiger partial charge in [-0.3, -0.25) is 0 Å². The Labute approximate surface area is 145 Å². The van der Waals surface area contributed by atoms with Gasteiger partial charge < -0.3 is 10.1 Å². The Balaban J connectivity index is 1.87. The molecule has 25 heavy (non-hydrogen) atoms. The van der Waals surface area contributed by atoms with Crippen LogP contribution in [0.5, 0.6) is 5.75 Å². The van der Waals surface area contributed by atoms with Crippen LogP contribution in [0.3, 0.4) is 0 Å². The first kappa shape index (κ1) is 16.9. The number of nitrogens with two attached hydrogens (primary N) is 1. The topological polar surface area (TPSA) is 107 Å². The van der Waals surface area contributed by atoms with Gasteiger partial charge >= 0.3 is 0 Å². The molecule has 7 nitrogen and oxygen atoms in total. The molecular weight excluding hydrogens is 340 g/mol.